The Balaban J connectivity index is 1.72. The third-order valence-electron chi connectivity index (χ3n) is 5.80. The molecule has 0 saturated carbocycles. The van der Waals surface area contributed by atoms with E-state index < -0.39 is 17.5 Å². The molecule has 7 heteroatoms. The lowest BCUT2D eigenvalue weighted by atomic mass is 9.91. The van der Waals surface area contributed by atoms with Gasteiger partial charge in [-0.25, -0.2) is 4.79 Å². The number of ketones is 1. The van der Waals surface area contributed by atoms with E-state index in [1.54, 1.807) is 31.2 Å². The van der Waals surface area contributed by atoms with E-state index in [1.165, 1.54) is 12.5 Å². The topological polar surface area (TPSA) is 95.6 Å². The highest BCUT2D eigenvalue weighted by molar-refractivity contribution is 6.11. The Kier molecular flexibility index (Phi) is 6.77. The van der Waals surface area contributed by atoms with Crippen LogP contribution in [0.4, 0.5) is 4.79 Å². The van der Waals surface area contributed by atoms with Gasteiger partial charge in [0.2, 0.25) is 5.91 Å². The Morgan fingerprint density at radius 3 is 2.25 bits per heavy atom. The first-order valence-corrected chi connectivity index (χ1v) is 10.8. The van der Waals surface area contributed by atoms with Gasteiger partial charge in [-0.15, -0.1) is 0 Å². The van der Waals surface area contributed by atoms with E-state index in [1.807, 2.05) is 31.2 Å². The van der Waals surface area contributed by atoms with E-state index in [0.717, 1.165) is 23.3 Å². The van der Waals surface area contributed by atoms with Crippen molar-refractivity contribution in [3.8, 4) is 0 Å². The average molecular weight is 436 g/mol. The Labute approximate surface area is 188 Å². The Morgan fingerprint density at radius 1 is 1.06 bits per heavy atom. The van der Waals surface area contributed by atoms with Gasteiger partial charge < -0.3 is 10.6 Å². The molecule has 7 nitrogen and oxygen atoms in total. The largest absolute Gasteiger partial charge is 0.350 e. The highest BCUT2D eigenvalue weighted by atomic mass is 16.2. The van der Waals surface area contributed by atoms with Crippen LogP contribution in [0.25, 0.3) is 0 Å². The highest BCUT2D eigenvalue weighted by Crippen LogP contribution is 2.29. The lowest BCUT2D eigenvalue weighted by Gasteiger charge is -2.22. The zero-order valence-corrected chi connectivity index (χ0v) is 18.9. The molecule has 3 rings (SSSR count). The van der Waals surface area contributed by atoms with Crippen molar-refractivity contribution in [3.05, 3.63) is 70.8 Å². The predicted octanol–water partition coefficient (Wildman–Crippen LogP) is 3.49. The molecule has 0 unspecified atom stereocenters. The summed E-state index contributed by atoms with van der Waals surface area (Å²) in [4.78, 5) is 50.6. The van der Waals surface area contributed by atoms with Gasteiger partial charge in [0.15, 0.2) is 5.78 Å². The van der Waals surface area contributed by atoms with Crippen molar-refractivity contribution in [2.75, 3.05) is 6.54 Å². The summed E-state index contributed by atoms with van der Waals surface area (Å²) in [6.07, 6.45) is 1.97. The number of hydrogen-bond acceptors (Lipinski definition) is 4. The molecule has 1 saturated heterocycles. The monoisotopic (exact) mass is 435 g/mol. The molecule has 0 radical (unpaired) electrons. The van der Waals surface area contributed by atoms with E-state index in [-0.39, 0.29) is 24.3 Å². The molecule has 2 atom stereocenters. The SMILES string of the molecule is CCCc1ccc([C@]2(C)NC(=O)N(CC(=O)c3ccc([C@@H](C)NC(C)=O)cc3)C2=O)cc1. The molecule has 2 N–H and O–H groups in total. The van der Waals surface area contributed by atoms with Gasteiger partial charge in [-0.3, -0.25) is 19.3 Å². The molecule has 1 aliphatic rings. The van der Waals surface area contributed by atoms with Crippen molar-refractivity contribution in [2.24, 2.45) is 0 Å². The maximum absolute atomic E-state index is 13.1. The Hall–Kier alpha value is -3.48. The Morgan fingerprint density at radius 2 is 1.69 bits per heavy atom. The number of rotatable bonds is 8. The summed E-state index contributed by atoms with van der Waals surface area (Å²) in [5.41, 5.74) is 1.88. The molecule has 1 aliphatic heterocycles. The van der Waals surface area contributed by atoms with Crippen molar-refractivity contribution >= 4 is 23.6 Å². The number of urea groups is 1. The number of carbonyl (C=O) groups excluding carboxylic acids is 4. The molecule has 0 aromatic heterocycles. The Bertz CT molecular complexity index is 1030. The van der Waals surface area contributed by atoms with Gasteiger partial charge >= 0.3 is 6.03 Å². The van der Waals surface area contributed by atoms with Crippen LogP contribution >= 0.6 is 0 Å². The zero-order valence-electron chi connectivity index (χ0n) is 18.9. The second-order valence-corrected chi connectivity index (χ2v) is 8.36. The molecule has 0 bridgehead atoms. The third kappa shape index (κ3) is 4.72. The first-order chi connectivity index (χ1) is 15.2. The number of benzene rings is 2. The van der Waals surface area contributed by atoms with Crippen molar-refractivity contribution in [1.29, 1.82) is 0 Å². The van der Waals surface area contributed by atoms with Crippen LogP contribution in [0.5, 0.6) is 0 Å². The fourth-order valence-electron chi connectivity index (χ4n) is 3.91. The number of aryl methyl sites for hydroxylation is 1. The highest BCUT2D eigenvalue weighted by Gasteiger charge is 2.49. The standard InChI is InChI=1S/C25H29N3O4/c1-5-6-18-7-13-21(14-8-18)25(4)23(31)28(24(32)27-25)15-22(30)20-11-9-19(10-12-20)16(2)26-17(3)29/h7-14,16H,5-6,15H2,1-4H3,(H,26,29)(H,27,32)/t16-,25+/m1/s1. The maximum atomic E-state index is 13.1. The van der Waals surface area contributed by atoms with Crippen LogP contribution < -0.4 is 10.6 Å². The predicted molar refractivity (Wildman–Crippen MR) is 121 cm³/mol. The zero-order chi connectivity index (χ0) is 23.5. The number of nitrogens with zero attached hydrogens (tertiary/aromatic N) is 1. The number of imide groups is 1. The third-order valence-corrected chi connectivity index (χ3v) is 5.80. The smallest absolute Gasteiger partial charge is 0.325 e. The molecule has 2 aromatic carbocycles. The first kappa shape index (κ1) is 23.2. The maximum Gasteiger partial charge on any atom is 0.325 e. The summed E-state index contributed by atoms with van der Waals surface area (Å²) in [6, 6.07) is 13.6. The van der Waals surface area contributed by atoms with Crippen LogP contribution in [0.2, 0.25) is 0 Å². The summed E-state index contributed by atoms with van der Waals surface area (Å²) in [7, 11) is 0. The number of amides is 4. The van der Waals surface area contributed by atoms with Gasteiger partial charge in [-0.1, -0.05) is 61.9 Å². The quantitative estimate of drug-likeness (QED) is 0.490. The minimum Gasteiger partial charge on any atom is -0.350 e. The van der Waals surface area contributed by atoms with E-state index in [2.05, 4.69) is 17.6 Å². The normalized spacial score (nSPS) is 18.9. The summed E-state index contributed by atoms with van der Waals surface area (Å²) in [5.74, 6) is -0.927. The van der Waals surface area contributed by atoms with Crippen molar-refractivity contribution in [1.82, 2.24) is 15.5 Å². The van der Waals surface area contributed by atoms with Gasteiger partial charge in [0, 0.05) is 12.5 Å². The van der Waals surface area contributed by atoms with Gasteiger partial charge in [0.25, 0.3) is 5.91 Å². The first-order valence-electron chi connectivity index (χ1n) is 10.8. The van der Waals surface area contributed by atoms with Gasteiger partial charge in [0.1, 0.15) is 5.54 Å². The van der Waals surface area contributed by atoms with Crippen LogP contribution in [-0.4, -0.2) is 35.1 Å². The van der Waals surface area contributed by atoms with E-state index >= 15 is 0 Å². The van der Waals surface area contributed by atoms with Crippen molar-refractivity contribution in [3.63, 3.8) is 0 Å². The summed E-state index contributed by atoms with van der Waals surface area (Å²) in [6.45, 7) is 6.71. The fourth-order valence-corrected chi connectivity index (χ4v) is 3.91. The van der Waals surface area contributed by atoms with Gasteiger partial charge in [0.05, 0.1) is 12.6 Å². The molecule has 1 fully saturated rings. The van der Waals surface area contributed by atoms with Crippen molar-refractivity contribution in [2.45, 2.75) is 52.1 Å². The lowest BCUT2D eigenvalue weighted by Crippen LogP contribution is -2.41. The second kappa shape index (κ2) is 9.34. The van der Waals surface area contributed by atoms with Crippen LogP contribution in [-0.2, 0) is 21.5 Å². The molecule has 2 aromatic rings. The minimum absolute atomic E-state index is 0.140. The summed E-state index contributed by atoms with van der Waals surface area (Å²) >= 11 is 0. The number of hydrogen-bond donors (Lipinski definition) is 2. The van der Waals surface area contributed by atoms with Gasteiger partial charge in [-0.05, 0) is 37.0 Å². The summed E-state index contributed by atoms with van der Waals surface area (Å²) in [5, 5.41) is 5.53. The fraction of sp³-hybridized carbons (Fsp3) is 0.360. The minimum atomic E-state index is -1.21. The van der Waals surface area contributed by atoms with Crippen LogP contribution in [0, 0.1) is 0 Å². The average Bonchev–Trinajstić information content (AvgIpc) is 2.98. The molecule has 168 valence electrons. The number of nitrogens with one attached hydrogen (secondary N) is 2. The van der Waals surface area contributed by atoms with E-state index in [9.17, 15) is 19.2 Å². The molecule has 1 heterocycles. The molecular formula is C25H29N3O4. The molecule has 0 aliphatic carbocycles. The van der Waals surface area contributed by atoms with E-state index in [4.69, 9.17) is 0 Å². The van der Waals surface area contributed by atoms with Crippen molar-refractivity contribution < 1.29 is 19.2 Å². The van der Waals surface area contributed by atoms with E-state index in [0.29, 0.717) is 11.1 Å². The molecule has 32 heavy (non-hydrogen) atoms. The molecular weight excluding hydrogens is 406 g/mol. The van der Waals surface area contributed by atoms with Crippen LogP contribution in [0.15, 0.2) is 48.5 Å². The number of Topliss-reactive ketones (excluding diaryl/α,β-unsaturated/α-hetero) is 1. The summed E-state index contributed by atoms with van der Waals surface area (Å²) < 4.78 is 0. The van der Waals surface area contributed by atoms with Crippen LogP contribution in [0.3, 0.4) is 0 Å². The second-order valence-electron chi connectivity index (χ2n) is 8.36. The lowest BCUT2D eigenvalue weighted by molar-refractivity contribution is -0.130. The number of carbonyl (C=O) groups is 4. The molecule has 0 spiro atoms. The van der Waals surface area contributed by atoms with Gasteiger partial charge in [-0.2, -0.15) is 0 Å². The van der Waals surface area contributed by atoms with Crippen LogP contribution in [0.1, 0.15) is 67.2 Å². The molecule has 4 amide bonds.